The first-order chi connectivity index (χ1) is 7.97. The molecule has 0 radical (unpaired) electrons. The number of hydrogen-bond donors (Lipinski definition) is 4. The van der Waals surface area contributed by atoms with Crippen LogP contribution in [-0.2, 0) is 4.79 Å². The average molecular weight is 264 g/mol. The molecule has 0 heterocycles. The second-order valence-corrected chi connectivity index (χ2v) is 4.71. The second kappa shape index (κ2) is 9.12. The zero-order valence-corrected chi connectivity index (χ0v) is 10.9. The van der Waals surface area contributed by atoms with Crippen molar-refractivity contribution in [1.29, 1.82) is 0 Å². The van der Waals surface area contributed by atoms with Gasteiger partial charge in [0.15, 0.2) is 6.10 Å². The van der Waals surface area contributed by atoms with E-state index in [1.165, 1.54) is 0 Å². The van der Waals surface area contributed by atoms with Gasteiger partial charge in [-0.15, -0.1) is 0 Å². The number of thioether (sulfide) groups is 1. The third-order valence-corrected chi connectivity index (χ3v) is 2.76. The maximum atomic E-state index is 11.3. The molecule has 0 bridgehead atoms. The molecule has 0 rings (SSSR count). The first kappa shape index (κ1) is 16.1. The number of carboxylic acid groups (broad SMARTS) is 1. The SMILES string of the molecule is CSCCC(C)NC(=O)NCCC(O)C(=O)O. The molecule has 0 saturated heterocycles. The number of rotatable bonds is 8. The van der Waals surface area contributed by atoms with Gasteiger partial charge < -0.3 is 20.8 Å². The number of carbonyl (C=O) groups is 2. The van der Waals surface area contributed by atoms with Gasteiger partial charge in [0.2, 0.25) is 0 Å². The van der Waals surface area contributed by atoms with Gasteiger partial charge >= 0.3 is 12.0 Å². The topological polar surface area (TPSA) is 98.7 Å². The van der Waals surface area contributed by atoms with Crippen molar-refractivity contribution < 1.29 is 19.8 Å². The summed E-state index contributed by atoms with van der Waals surface area (Å²) in [4.78, 5) is 21.6. The summed E-state index contributed by atoms with van der Waals surface area (Å²) in [6, 6.07) is -0.261. The van der Waals surface area contributed by atoms with Crippen LogP contribution in [-0.4, -0.2) is 52.9 Å². The Balaban J connectivity index is 3.62. The maximum absolute atomic E-state index is 11.3. The number of urea groups is 1. The molecule has 0 saturated carbocycles. The van der Waals surface area contributed by atoms with Crippen LogP contribution in [0.4, 0.5) is 4.79 Å². The second-order valence-electron chi connectivity index (χ2n) is 3.73. The molecule has 2 unspecified atom stereocenters. The molecule has 6 nitrogen and oxygen atoms in total. The fraction of sp³-hybridized carbons (Fsp3) is 0.800. The van der Waals surface area contributed by atoms with Gasteiger partial charge in [0.1, 0.15) is 0 Å². The van der Waals surface area contributed by atoms with Crippen molar-refractivity contribution >= 4 is 23.8 Å². The Morgan fingerprint density at radius 3 is 2.53 bits per heavy atom. The summed E-state index contributed by atoms with van der Waals surface area (Å²) in [7, 11) is 0. The summed E-state index contributed by atoms with van der Waals surface area (Å²) in [5, 5.41) is 22.6. The molecule has 2 amide bonds. The minimum Gasteiger partial charge on any atom is -0.479 e. The first-order valence-corrected chi connectivity index (χ1v) is 6.81. The Morgan fingerprint density at radius 2 is 2.00 bits per heavy atom. The van der Waals surface area contributed by atoms with E-state index in [0.717, 1.165) is 12.2 Å². The summed E-state index contributed by atoms with van der Waals surface area (Å²) >= 11 is 1.71. The molecule has 4 N–H and O–H groups in total. The van der Waals surface area contributed by atoms with Gasteiger partial charge in [0, 0.05) is 19.0 Å². The molecule has 17 heavy (non-hydrogen) atoms. The van der Waals surface area contributed by atoms with Crippen LogP contribution in [0.15, 0.2) is 0 Å². The Hall–Kier alpha value is -0.950. The molecule has 0 aliphatic carbocycles. The molecule has 0 aromatic rings. The Bertz CT molecular complexity index is 250. The van der Waals surface area contributed by atoms with E-state index in [1.54, 1.807) is 11.8 Å². The van der Waals surface area contributed by atoms with E-state index < -0.39 is 12.1 Å². The quantitative estimate of drug-likeness (QED) is 0.504. The van der Waals surface area contributed by atoms with Crippen molar-refractivity contribution in [1.82, 2.24) is 10.6 Å². The summed E-state index contributed by atoms with van der Waals surface area (Å²) in [5.41, 5.74) is 0. The fourth-order valence-electron chi connectivity index (χ4n) is 1.09. The molecule has 7 heteroatoms. The molecule has 0 aliphatic rings. The Kier molecular flexibility index (Phi) is 8.61. The lowest BCUT2D eigenvalue weighted by atomic mass is 10.2. The van der Waals surface area contributed by atoms with Gasteiger partial charge in [-0.2, -0.15) is 11.8 Å². The van der Waals surface area contributed by atoms with Crippen LogP contribution < -0.4 is 10.6 Å². The smallest absolute Gasteiger partial charge is 0.332 e. The van der Waals surface area contributed by atoms with Crippen LogP contribution in [0.5, 0.6) is 0 Å². The van der Waals surface area contributed by atoms with Crippen molar-refractivity contribution in [3.05, 3.63) is 0 Å². The van der Waals surface area contributed by atoms with Crippen LogP contribution in [0.25, 0.3) is 0 Å². The molecular formula is C10H20N2O4S. The van der Waals surface area contributed by atoms with Gasteiger partial charge in [-0.3, -0.25) is 0 Å². The minimum absolute atomic E-state index is 0.00193. The highest BCUT2D eigenvalue weighted by Crippen LogP contribution is 1.99. The zero-order chi connectivity index (χ0) is 13.3. The Labute approximate surface area is 105 Å². The number of aliphatic hydroxyl groups excluding tert-OH is 1. The van der Waals surface area contributed by atoms with Crippen LogP contribution >= 0.6 is 11.8 Å². The summed E-state index contributed by atoms with van der Waals surface area (Å²) in [6.45, 7) is 2.04. The summed E-state index contributed by atoms with van der Waals surface area (Å²) in [5.74, 6) is -0.306. The number of carboxylic acids is 1. The van der Waals surface area contributed by atoms with Crippen LogP contribution in [0.3, 0.4) is 0 Å². The molecule has 0 spiro atoms. The van der Waals surface area contributed by atoms with E-state index in [9.17, 15) is 9.59 Å². The van der Waals surface area contributed by atoms with E-state index in [0.29, 0.717) is 0 Å². The van der Waals surface area contributed by atoms with Crippen molar-refractivity contribution in [3.8, 4) is 0 Å². The number of hydrogen-bond acceptors (Lipinski definition) is 4. The van der Waals surface area contributed by atoms with E-state index in [4.69, 9.17) is 10.2 Å². The lowest BCUT2D eigenvalue weighted by Gasteiger charge is -2.14. The van der Waals surface area contributed by atoms with Gasteiger partial charge in [-0.1, -0.05) is 0 Å². The summed E-state index contributed by atoms with van der Waals surface area (Å²) < 4.78 is 0. The highest BCUT2D eigenvalue weighted by Gasteiger charge is 2.13. The van der Waals surface area contributed by atoms with E-state index in [-0.39, 0.29) is 25.0 Å². The van der Waals surface area contributed by atoms with Crippen LogP contribution in [0, 0.1) is 0 Å². The van der Waals surface area contributed by atoms with E-state index in [1.807, 2.05) is 13.2 Å². The largest absolute Gasteiger partial charge is 0.479 e. The number of aliphatic hydroxyl groups is 1. The van der Waals surface area contributed by atoms with Crippen molar-refractivity contribution in [2.24, 2.45) is 0 Å². The standard InChI is InChI=1S/C10H20N2O4S/c1-7(4-6-17-2)12-10(16)11-5-3-8(13)9(14)15/h7-8,13H,3-6H2,1-2H3,(H,14,15)(H2,11,12,16). The molecule has 0 fully saturated rings. The predicted octanol–water partition coefficient (Wildman–Crippen LogP) is 0.263. The normalized spacial score (nSPS) is 13.8. The monoisotopic (exact) mass is 264 g/mol. The van der Waals surface area contributed by atoms with Crippen LogP contribution in [0.1, 0.15) is 19.8 Å². The number of nitrogens with one attached hydrogen (secondary N) is 2. The minimum atomic E-state index is -1.43. The number of carbonyl (C=O) groups excluding carboxylic acids is 1. The molecule has 0 aromatic carbocycles. The van der Waals surface area contributed by atoms with E-state index >= 15 is 0 Å². The lowest BCUT2D eigenvalue weighted by molar-refractivity contribution is -0.146. The molecule has 0 aliphatic heterocycles. The highest BCUT2D eigenvalue weighted by molar-refractivity contribution is 7.98. The lowest BCUT2D eigenvalue weighted by Crippen LogP contribution is -2.42. The first-order valence-electron chi connectivity index (χ1n) is 5.41. The molecule has 0 aromatic heterocycles. The molecule has 2 atom stereocenters. The molecular weight excluding hydrogens is 244 g/mol. The number of aliphatic carboxylic acids is 1. The van der Waals surface area contributed by atoms with Gasteiger partial charge in [0.25, 0.3) is 0 Å². The van der Waals surface area contributed by atoms with Crippen LogP contribution in [0.2, 0.25) is 0 Å². The van der Waals surface area contributed by atoms with E-state index in [2.05, 4.69) is 10.6 Å². The Morgan fingerprint density at radius 1 is 1.35 bits per heavy atom. The van der Waals surface area contributed by atoms with Crippen molar-refractivity contribution in [2.75, 3.05) is 18.6 Å². The van der Waals surface area contributed by atoms with Gasteiger partial charge in [-0.25, -0.2) is 9.59 Å². The van der Waals surface area contributed by atoms with Crippen molar-refractivity contribution in [2.45, 2.75) is 31.9 Å². The molecule has 100 valence electrons. The zero-order valence-electron chi connectivity index (χ0n) is 10.1. The van der Waals surface area contributed by atoms with Gasteiger partial charge in [0.05, 0.1) is 0 Å². The third-order valence-electron chi connectivity index (χ3n) is 2.12. The van der Waals surface area contributed by atoms with Crippen molar-refractivity contribution in [3.63, 3.8) is 0 Å². The highest BCUT2D eigenvalue weighted by atomic mass is 32.2. The third kappa shape index (κ3) is 8.82. The number of amides is 2. The summed E-state index contributed by atoms with van der Waals surface area (Å²) in [6.07, 6.45) is 1.46. The van der Waals surface area contributed by atoms with Gasteiger partial charge in [-0.05, 0) is 25.4 Å². The average Bonchev–Trinajstić information content (AvgIpc) is 2.25. The maximum Gasteiger partial charge on any atom is 0.332 e. The predicted molar refractivity (Wildman–Crippen MR) is 67.3 cm³/mol. The fourth-order valence-corrected chi connectivity index (χ4v) is 1.68.